The number of carboxylic acids is 1. The van der Waals surface area contributed by atoms with Crippen molar-refractivity contribution in [3.63, 3.8) is 0 Å². The smallest absolute Gasteiger partial charge is 0.306 e. The van der Waals surface area contributed by atoms with Crippen LogP contribution in [0.25, 0.3) is 16.5 Å². The van der Waals surface area contributed by atoms with Crippen LogP contribution in [-0.4, -0.2) is 15.6 Å². The van der Waals surface area contributed by atoms with Gasteiger partial charge in [-0.15, -0.1) is 0 Å². The first-order valence-corrected chi connectivity index (χ1v) is 7.05. The average Bonchev–Trinajstić information content (AvgIpc) is 2.77. The Kier molecular flexibility index (Phi) is 3.13. The summed E-state index contributed by atoms with van der Waals surface area (Å²) in [5.41, 5.74) is 5.09. The van der Waals surface area contributed by atoms with Gasteiger partial charge in [0.15, 0.2) is 0 Å². The van der Waals surface area contributed by atoms with Crippen molar-refractivity contribution in [2.24, 2.45) is 13.0 Å². The Hall–Kier alpha value is -2.03. The summed E-state index contributed by atoms with van der Waals surface area (Å²) in [4.78, 5) is 11.0. The number of para-hydroxylation sites is 1. The lowest BCUT2D eigenvalue weighted by Crippen LogP contribution is -2.15. The number of nitrogens with zero attached hydrogens (tertiary/aromatic N) is 1. The minimum Gasteiger partial charge on any atom is -0.481 e. The SMILES string of the molecule is Cc1cccc2c(C3=CCC(C(=O)O)CC3)cn(C)c12. The van der Waals surface area contributed by atoms with E-state index in [1.165, 1.54) is 27.6 Å². The second-order valence-corrected chi connectivity index (χ2v) is 5.66. The molecule has 1 aliphatic carbocycles. The summed E-state index contributed by atoms with van der Waals surface area (Å²) in [5.74, 6) is -0.885. The minimum absolute atomic E-state index is 0.213. The number of aryl methyl sites for hydroxylation is 2. The predicted molar refractivity (Wildman–Crippen MR) is 80.6 cm³/mol. The highest BCUT2D eigenvalue weighted by Crippen LogP contribution is 2.35. The van der Waals surface area contributed by atoms with Crippen LogP contribution in [0.1, 0.15) is 30.4 Å². The molecule has 0 amide bonds. The number of allylic oxidation sites excluding steroid dienone is 2. The fraction of sp³-hybridized carbons (Fsp3) is 0.353. The van der Waals surface area contributed by atoms with Crippen molar-refractivity contribution >= 4 is 22.4 Å². The molecule has 1 heterocycles. The zero-order valence-corrected chi connectivity index (χ0v) is 11.9. The van der Waals surface area contributed by atoms with Crippen molar-refractivity contribution in [3.8, 4) is 0 Å². The molecule has 1 unspecified atom stereocenters. The van der Waals surface area contributed by atoms with Crippen LogP contribution in [0.2, 0.25) is 0 Å². The van der Waals surface area contributed by atoms with Crippen LogP contribution in [0.3, 0.4) is 0 Å². The molecule has 1 aromatic heterocycles. The van der Waals surface area contributed by atoms with Gasteiger partial charge in [0.1, 0.15) is 0 Å². The number of carboxylic acid groups (broad SMARTS) is 1. The molecule has 0 aliphatic heterocycles. The summed E-state index contributed by atoms with van der Waals surface area (Å²) in [5, 5.41) is 10.3. The van der Waals surface area contributed by atoms with Crippen LogP contribution < -0.4 is 0 Å². The van der Waals surface area contributed by atoms with Gasteiger partial charge < -0.3 is 9.67 Å². The summed E-state index contributed by atoms with van der Waals surface area (Å²) in [6, 6.07) is 6.37. The highest BCUT2D eigenvalue weighted by molar-refractivity contribution is 5.95. The molecule has 1 N–H and O–H groups in total. The number of hydrogen-bond acceptors (Lipinski definition) is 1. The maximum atomic E-state index is 11.0. The molecule has 0 radical (unpaired) electrons. The van der Waals surface area contributed by atoms with Crippen LogP contribution in [0.15, 0.2) is 30.5 Å². The van der Waals surface area contributed by atoms with Gasteiger partial charge in [-0.25, -0.2) is 0 Å². The topological polar surface area (TPSA) is 42.2 Å². The van der Waals surface area contributed by atoms with E-state index in [1.807, 2.05) is 0 Å². The number of benzene rings is 1. The van der Waals surface area contributed by atoms with Gasteiger partial charge in [-0.05, 0) is 37.3 Å². The van der Waals surface area contributed by atoms with E-state index >= 15 is 0 Å². The Bertz CT molecular complexity index is 709. The van der Waals surface area contributed by atoms with E-state index in [9.17, 15) is 4.79 Å². The van der Waals surface area contributed by atoms with E-state index in [0.717, 1.165) is 12.8 Å². The third-order valence-corrected chi connectivity index (χ3v) is 4.31. The highest BCUT2D eigenvalue weighted by atomic mass is 16.4. The molecule has 3 nitrogen and oxygen atoms in total. The summed E-state index contributed by atoms with van der Waals surface area (Å²) in [6.07, 6.45) is 6.52. The Morgan fingerprint density at radius 1 is 1.40 bits per heavy atom. The van der Waals surface area contributed by atoms with Gasteiger partial charge in [-0.1, -0.05) is 24.3 Å². The molecule has 2 aromatic rings. The zero-order valence-electron chi connectivity index (χ0n) is 11.9. The van der Waals surface area contributed by atoms with E-state index in [0.29, 0.717) is 6.42 Å². The fourth-order valence-electron chi connectivity index (χ4n) is 3.23. The molecule has 3 heteroatoms. The molecule has 3 rings (SSSR count). The van der Waals surface area contributed by atoms with E-state index < -0.39 is 5.97 Å². The van der Waals surface area contributed by atoms with E-state index in [1.54, 1.807) is 0 Å². The van der Waals surface area contributed by atoms with Gasteiger partial charge in [0, 0.05) is 24.2 Å². The number of fused-ring (bicyclic) bond motifs is 1. The third-order valence-electron chi connectivity index (χ3n) is 4.31. The third kappa shape index (κ3) is 2.03. The fourth-order valence-corrected chi connectivity index (χ4v) is 3.23. The van der Waals surface area contributed by atoms with Crippen molar-refractivity contribution < 1.29 is 9.90 Å². The molecule has 104 valence electrons. The molecule has 1 aromatic carbocycles. The number of carbonyl (C=O) groups is 1. The van der Waals surface area contributed by atoms with Gasteiger partial charge in [0.05, 0.1) is 11.4 Å². The Morgan fingerprint density at radius 3 is 2.85 bits per heavy atom. The lowest BCUT2D eigenvalue weighted by molar-refractivity contribution is -0.141. The van der Waals surface area contributed by atoms with Crippen molar-refractivity contribution in [2.75, 3.05) is 0 Å². The Morgan fingerprint density at radius 2 is 2.20 bits per heavy atom. The molecule has 0 fully saturated rings. The molecule has 0 saturated heterocycles. The highest BCUT2D eigenvalue weighted by Gasteiger charge is 2.22. The number of rotatable bonds is 2. The van der Waals surface area contributed by atoms with Gasteiger partial charge in [0.2, 0.25) is 0 Å². The molecular formula is C17H19NO2. The maximum Gasteiger partial charge on any atom is 0.306 e. The largest absolute Gasteiger partial charge is 0.481 e. The molecular weight excluding hydrogens is 250 g/mol. The van der Waals surface area contributed by atoms with Gasteiger partial charge >= 0.3 is 5.97 Å². The zero-order chi connectivity index (χ0) is 14.3. The van der Waals surface area contributed by atoms with Crippen molar-refractivity contribution in [1.82, 2.24) is 4.57 Å². The van der Waals surface area contributed by atoms with Crippen LogP contribution in [0, 0.1) is 12.8 Å². The van der Waals surface area contributed by atoms with E-state index in [2.05, 4.69) is 49.0 Å². The Balaban J connectivity index is 2.04. The van der Waals surface area contributed by atoms with Gasteiger partial charge in [-0.2, -0.15) is 0 Å². The molecule has 0 saturated carbocycles. The van der Waals surface area contributed by atoms with Crippen molar-refractivity contribution in [3.05, 3.63) is 41.6 Å². The van der Waals surface area contributed by atoms with Crippen molar-refractivity contribution in [2.45, 2.75) is 26.2 Å². The first-order valence-electron chi connectivity index (χ1n) is 7.05. The van der Waals surface area contributed by atoms with Crippen LogP contribution in [0.4, 0.5) is 0 Å². The summed E-state index contributed by atoms with van der Waals surface area (Å²) in [6.45, 7) is 2.13. The molecule has 0 spiro atoms. The first-order chi connectivity index (χ1) is 9.58. The number of aliphatic carboxylic acids is 1. The monoisotopic (exact) mass is 269 g/mol. The summed E-state index contributed by atoms with van der Waals surface area (Å²) in [7, 11) is 2.07. The Labute approximate surface area is 118 Å². The van der Waals surface area contributed by atoms with Crippen LogP contribution in [0.5, 0.6) is 0 Å². The number of aromatic nitrogens is 1. The quantitative estimate of drug-likeness (QED) is 0.902. The molecule has 0 bridgehead atoms. The normalized spacial score (nSPS) is 19.1. The average molecular weight is 269 g/mol. The predicted octanol–water partition coefficient (Wildman–Crippen LogP) is 3.75. The minimum atomic E-state index is -0.672. The van der Waals surface area contributed by atoms with E-state index in [-0.39, 0.29) is 5.92 Å². The van der Waals surface area contributed by atoms with Gasteiger partial charge in [-0.3, -0.25) is 4.79 Å². The maximum absolute atomic E-state index is 11.0. The lowest BCUT2D eigenvalue weighted by atomic mass is 9.86. The molecule has 1 aliphatic rings. The summed E-state index contributed by atoms with van der Waals surface area (Å²) >= 11 is 0. The molecule has 1 atom stereocenters. The van der Waals surface area contributed by atoms with Crippen LogP contribution >= 0.6 is 0 Å². The standard InChI is InChI=1S/C17H19NO2/c1-11-4-3-5-14-15(10-18(2)16(11)14)12-6-8-13(9-7-12)17(19)20/h3-6,10,13H,7-9H2,1-2H3,(H,19,20). The lowest BCUT2D eigenvalue weighted by Gasteiger charge is -2.18. The van der Waals surface area contributed by atoms with E-state index in [4.69, 9.17) is 5.11 Å². The first kappa shape index (κ1) is 13.0. The molecule has 20 heavy (non-hydrogen) atoms. The second kappa shape index (κ2) is 4.82. The summed E-state index contributed by atoms with van der Waals surface area (Å²) < 4.78 is 2.17. The second-order valence-electron chi connectivity index (χ2n) is 5.66. The number of hydrogen-bond donors (Lipinski definition) is 1. The van der Waals surface area contributed by atoms with Gasteiger partial charge in [0.25, 0.3) is 0 Å². The van der Waals surface area contributed by atoms with Crippen LogP contribution in [-0.2, 0) is 11.8 Å². The van der Waals surface area contributed by atoms with Crippen molar-refractivity contribution in [1.29, 1.82) is 0 Å².